The topological polar surface area (TPSA) is 62.4 Å². The van der Waals surface area contributed by atoms with Gasteiger partial charge in [-0.1, -0.05) is 56.3 Å². The van der Waals surface area contributed by atoms with Crippen LogP contribution in [-0.4, -0.2) is 41.3 Å². The molecule has 1 aromatic heterocycles. The van der Waals surface area contributed by atoms with E-state index in [9.17, 15) is 9.50 Å². The van der Waals surface area contributed by atoms with Crippen LogP contribution in [0.5, 0.6) is 5.75 Å². The Bertz CT molecular complexity index is 1120. The quantitative estimate of drug-likeness (QED) is 0.470. The molecular weight excluding hydrogens is 437 g/mol. The van der Waals surface area contributed by atoms with E-state index in [-0.39, 0.29) is 18.5 Å². The van der Waals surface area contributed by atoms with Gasteiger partial charge in [-0.05, 0) is 65.3 Å². The lowest BCUT2D eigenvalue weighted by Gasteiger charge is -2.37. The SMILES string of the molecule is CC.N/C(=C\c1ccc(C2c3ccc(O)cc3CCC2c2ccccc2)cn1)CN1CC(CF)C1. The number of phenols is 1. The number of halogens is 1. The van der Waals surface area contributed by atoms with Crippen molar-refractivity contribution in [3.05, 3.63) is 101 Å². The summed E-state index contributed by atoms with van der Waals surface area (Å²) in [5.74, 6) is 1.01. The Morgan fingerprint density at radius 2 is 1.86 bits per heavy atom. The van der Waals surface area contributed by atoms with Gasteiger partial charge in [0.2, 0.25) is 0 Å². The molecule has 0 spiro atoms. The van der Waals surface area contributed by atoms with Crippen molar-refractivity contribution in [2.75, 3.05) is 26.3 Å². The minimum atomic E-state index is -0.253. The molecule has 1 saturated heterocycles. The average Bonchev–Trinajstić information content (AvgIpc) is 2.87. The maximum Gasteiger partial charge on any atom is 0.115 e. The second-order valence-electron chi connectivity index (χ2n) is 9.37. The summed E-state index contributed by atoms with van der Waals surface area (Å²) in [7, 11) is 0. The van der Waals surface area contributed by atoms with Gasteiger partial charge in [-0.15, -0.1) is 0 Å². The predicted octanol–water partition coefficient (Wildman–Crippen LogP) is 5.88. The number of aromatic nitrogens is 1. The smallest absolute Gasteiger partial charge is 0.115 e. The van der Waals surface area contributed by atoms with Crippen molar-refractivity contribution in [2.24, 2.45) is 11.7 Å². The molecule has 0 saturated carbocycles. The second kappa shape index (κ2) is 11.5. The first kappa shape index (κ1) is 24.9. The molecule has 2 aliphatic rings. The van der Waals surface area contributed by atoms with E-state index in [1.54, 1.807) is 6.07 Å². The Morgan fingerprint density at radius 1 is 1.09 bits per heavy atom. The fourth-order valence-corrected chi connectivity index (χ4v) is 5.36. The Labute approximate surface area is 208 Å². The van der Waals surface area contributed by atoms with Crippen LogP contribution in [0.2, 0.25) is 0 Å². The molecule has 4 nitrogen and oxygen atoms in total. The summed E-state index contributed by atoms with van der Waals surface area (Å²) in [6, 6.07) is 20.6. The lowest BCUT2D eigenvalue weighted by atomic mass is 9.69. The molecule has 3 N–H and O–H groups in total. The highest BCUT2D eigenvalue weighted by atomic mass is 19.1. The van der Waals surface area contributed by atoms with Crippen molar-refractivity contribution in [3.63, 3.8) is 0 Å². The molecule has 5 rings (SSSR count). The van der Waals surface area contributed by atoms with Crippen LogP contribution in [0.3, 0.4) is 0 Å². The van der Waals surface area contributed by atoms with Gasteiger partial charge in [-0.2, -0.15) is 0 Å². The van der Waals surface area contributed by atoms with E-state index in [0.717, 1.165) is 37.3 Å². The zero-order valence-electron chi connectivity index (χ0n) is 20.7. The minimum absolute atomic E-state index is 0.160. The lowest BCUT2D eigenvalue weighted by molar-refractivity contribution is 0.0910. The number of hydrogen-bond acceptors (Lipinski definition) is 4. The molecule has 0 bridgehead atoms. The van der Waals surface area contributed by atoms with E-state index in [2.05, 4.69) is 47.4 Å². The molecule has 1 aliphatic carbocycles. The first-order valence-electron chi connectivity index (χ1n) is 12.7. The van der Waals surface area contributed by atoms with E-state index in [1.165, 1.54) is 22.3 Å². The third-order valence-electron chi connectivity index (χ3n) is 6.98. The van der Waals surface area contributed by atoms with Crippen LogP contribution in [0.25, 0.3) is 6.08 Å². The summed E-state index contributed by atoms with van der Waals surface area (Å²) < 4.78 is 12.6. The van der Waals surface area contributed by atoms with Gasteiger partial charge in [0.1, 0.15) is 5.75 Å². The number of phenolic OH excluding ortho intramolecular Hbond substituents is 1. The van der Waals surface area contributed by atoms with Gasteiger partial charge < -0.3 is 10.8 Å². The Morgan fingerprint density at radius 3 is 2.54 bits per heavy atom. The largest absolute Gasteiger partial charge is 0.508 e. The summed E-state index contributed by atoms with van der Waals surface area (Å²) in [4.78, 5) is 6.87. The number of alkyl halides is 1. The van der Waals surface area contributed by atoms with E-state index in [4.69, 9.17) is 10.7 Å². The van der Waals surface area contributed by atoms with Crippen LogP contribution in [0.1, 0.15) is 60.1 Å². The number of hydrogen-bond donors (Lipinski definition) is 2. The van der Waals surface area contributed by atoms with Crippen molar-refractivity contribution >= 4 is 6.08 Å². The Balaban J connectivity index is 0.00000141. The Kier molecular flexibility index (Phi) is 8.19. The average molecular weight is 474 g/mol. The van der Waals surface area contributed by atoms with Crippen molar-refractivity contribution in [1.82, 2.24) is 9.88 Å². The van der Waals surface area contributed by atoms with Gasteiger partial charge in [-0.3, -0.25) is 14.3 Å². The second-order valence-corrected chi connectivity index (χ2v) is 9.37. The highest BCUT2D eigenvalue weighted by Crippen LogP contribution is 2.46. The number of nitrogens with zero attached hydrogens (tertiary/aromatic N) is 2. The molecule has 0 amide bonds. The number of nitrogens with two attached hydrogens (primary N) is 1. The summed E-state index contributed by atoms with van der Waals surface area (Å²) in [6.45, 7) is 5.94. The van der Waals surface area contributed by atoms with Gasteiger partial charge in [0.05, 0.1) is 12.4 Å². The molecule has 184 valence electrons. The van der Waals surface area contributed by atoms with Crippen LogP contribution >= 0.6 is 0 Å². The number of benzene rings is 2. The van der Waals surface area contributed by atoms with Crippen molar-refractivity contribution in [2.45, 2.75) is 38.5 Å². The van der Waals surface area contributed by atoms with Gasteiger partial charge in [-0.25, -0.2) is 0 Å². The predicted molar refractivity (Wildman–Crippen MR) is 141 cm³/mol. The van der Waals surface area contributed by atoms with Crippen LogP contribution in [0.15, 0.2) is 72.6 Å². The molecule has 1 aliphatic heterocycles. The standard InChI is InChI=1S/C28H30FN3O.C2H6/c29-14-19-16-32(17-19)18-23(30)13-24-8-6-22(15-31-24)28-26(20-4-2-1-3-5-20)10-7-21-12-25(33)9-11-27(21)28;1-2/h1-6,8-9,11-13,15,19,26,28,33H,7,10,14,16-18,30H2;1-2H3/b23-13-;. The molecule has 5 heteroatoms. The summed E-state index contributed by atoms with van der Waals surface area (Å²) in [6.07, 6.45) is 5.85. The summed E-state index contributed by atoms with van der Waals surface area (Å²) in [5, 5.41) is 10.0. The van der Waals surface area contributed by atoms with Crippen molar-refractivity contribution in [1.29, 1.82) is 0 Å². The molecule has 2 unspecified atom stereocenters. The maximum atomic E-state index is 12.6. The molecule has 1 fully saturated rings. The summed E-state index contributed by atoms with van der Waals surface area (Å²) >= 11 is 0. The molecule has 2 atom stereocenters. The van der Waals surface area contributed by atoms with Crippen LogP contribution < -0.4 is 5.73 Å². The molecule has 3 aromatic rings. The Hall–Kier alpha value is -3.18. The third-order valence-corrected chi connectivity index (χ3v) is 6.98. The lowest BCUT2D eigenvalue weighted by Crippen LogP contribution is -2.48. The number of pyridine rings is 1. The number of fused-ring (bicyclic) bond motifs is 1. The van der Waals surface area contributed by atoms with E-state index in [0.29, 0.717) is 18.2 Å². The van der Waals surface area contributed by atoms with Gasteiger partial charge in [0, 0.05) is 43.4 Å². The monoisotopic (exact) mass is 473 g/mol. The molecule has 2 heterocycles. The summed E-state index contributed by atoms with van der Waals surface area (Å²) in [5.41, 5.74) is 12.8. The van der Waals surface area contributed by atoms with Crippen molar-refractivity contribution < 1.29 is 9.50 Å². The van der Waals surface area contributed by atoms with E-state index in [1.807, 2.05) is 38.3 Å². The normalized spacial score (nSPS) is 20.4. The van der Waals surface area contributed by atoms with Gasteiger partial charge in [0.25, 0.3) is 0 Å². The molecule has 35 heavy (non-hydrogen) atoms. The minimum Gasteiger partial charge on any atom is -0.508 e. The maximum absolute atomic E-state index is 12.6. The number of rotatable bonds is 6. The molecule has 0 radical (unpaired) electrons. The van der Waals surface area contributed by atoms with Gasteiger partial charge in [0.15, 0.2) is 0 Å². The third kappa shape index (κ3) is 5.73. The molecular formula is C30H36FN3O. The zero-order valence-corrected chi connectivity index (χ0v) is 20.7. The van der Waals surface area contributed by atoms with E-state index >= 15 is 0 Å². The van der Waals surface area contributed by atoms with Crippen LogP contribution in [-0.2, 0) is 6.42 Å². The van der Waals surface area contributed by atoms with Gasteiger partial charge >= 0.3 is 0 Å². The fourth-order valence-electron chi connectivity index (χ4n) is 5.36. The number of aromatic hydroxyl groups is 1. The highest BCUT2D eigenvalue weighted by molar-refractivity contribution is 5.51. The zero-order chi connectivity index (χ0) is 24.8. The molecule has 2 aromatic carbocycles. The van der Waals surface area contributed by atoms with Crippen LogP contribution in [0.4, 0.5) is 4.39 Å². The number of aryl methyl sites for hydroxylation is 1. The highest BCUT2D eigenvalue weighted by Gasteiger charge is 2.32. The van der Waals surface area contributed by atoms with Crippen LogP contribution in [0, 0.1) is 5.92 Å². The first-order chi connectivity index (χ1) is 17.1. The van der Waals surface area contributed by atoms with Crippen molar-refractivity contribution in [3.8, 4) is 5.75 Å². The number of likely N-dealkylation sites (tertiary alicyclic amines) is 1. The van der Waals surface area contributed by atoms with E-state index < -0.39 is 0 Å². The first-order valence-corrected chi connectivity index (χ1v) is 12.7. The fraction of sp³-hybridized carbons (Fsp3) is 0.367.